The molecule has 1 aliphatic rings. The quantitative estimate of drug-likeness (QED) is 0.688. The number of imidazole rings is 1. The van der Waals surface area contributed by atoms with Crippen molar-refractivity contribution in [1.82, 2.24) is 14.7 Å². The van der Waals surface area contributed by atoms with Crippen molar-refractivity contribution in [1.29, 1.82) is 5.26 Å². The van der Waals surface area contributed by atoms with Crippen molar-refractivity contribution in [3.63, 3.8) is 0 Å². The molecule has 6 nitrogen and oxygen atoms in total. The van der Waals surface area contributed by atoms with Gasteiger partial charge in [-0.1, -0.05) is 23.9 Å². The molecule has 1 aromatic carbocycles. The summed E-state index contributed by atoms with van der Waals surface area (Å²) in [6.07, 6.45) is 2.20. The van der Waals surface area contributed by atoms with Gasteiger partial charge in [-0.05, 0) is 43.5 Å². The zero-order chi connectivity index (χ0) is 18.8. The van der Waals surface area contributed by atoms with E-state index in [2.05, 4.69) is 16.4 Å². The van der Waals surface area contributed by atoms with Crippen LogP contribution in [0.3, 0.4) is 0 Å². The Bertz CT molecular complexity index is 1050. The number of benzene rings is 1. The van der Waals surface area contributed by atoms with Crippen LogP contribution in [0.25, 0.3) is 16.7 Å². The molecule has 1 aliphatic heterocycles. The van der Waals surface area contributed by atoms with Crippen LogP contribution >= 0.6 is 11.8 Å². The number of nitrogens with one attached hydrogen (secondary N) is 1. The van der Waals surface area contributed by atoms with E-state index >= 15 is 0 Å². The second-order valence-electron chi connectivity index (χ2n) is 6.64. The Labute approximate surface area is 161 Å². The van der Waals surface area contributed by atoms with Crippen LogP contribution < -0.4 is 5.32 Å². The molecule has 0 aliphatic carbocycles. The number of nitriles is 1. The second-order valence-corrected chi connectivity index (χ2v) is 7.64. The van der Waals surface area contributed by atoms with Gasteiger partial charge in [0, 0.05) is 13.2 Å². The van der Waals surface area contributed by atoms with Crippen LogP contribution in [0.1, 0.15) is 24.0 Å². The highest BCUT2D eigenvalue weighted by atomic mass is 32.2. The Morgan fingerprint density at radius 1 is 1.48 bits per heavy atom. The molecule has 1 atom stereocenters. The van der Waals surface area contributed by atoms with E-state index < -0.39 is 0 Å². The lowest BCUT2D eigenvalue weighted by Gasteiger charge is -2.12. The van der Waals surface area contributed by atoms with E-state index in [0.29, 0.717) is 23.5 Å². The first-order chi connectivity index (χ1) is 13.2. The van der Waals surface area contributed by atoms with Crippen molar-refractivity contribution < 1.29 is 9.53 Å². The summed E-state index contributed by atoms with van der Waals surface area (Å²) in [5.74, 6) is 0.287. The van der Waals surface area contributed by atoms with Gasteiger partial charge < -0.3 is 10.1 Å². The first-order valence-corrected chi connectivity index (χ1v) is 9.98. The van der Waals surface area contributed by atoms with E-state index in [9.17, 15) is 10.1 Å². The number of rotatable bonds is 5. The van der Waals surface area contributed by atoms with Crippen LogP contribution in [0.4, 0.5) is 0 Å². The maximum Gasteiger partial charge on any atom is 0.230 e. The number of hydrogen-bond acceptors (Lipinski definition) is 5. The van der Waals surface area contributed by atoms with E-state index in [1.807, 2.05) is 41.7 Å². The average molecular weight is 380 g/mol. The predicted octanol–water partition coefficient (Wildman–Crippen LogP) is 3.05. The Balaban J connectivity index is 1.59. The van der Waals surface area contributed by atoms with Crippen molar-refractivity contribution in [2.75, 3.05) is 18.9 Å². The number of thioether (sulfide) groups is 1. The highest BCUT2D eigenvalue weighted by Crippen LogP contribution is 2.29. The highest BCUT2D eigenvalue weighted by molar-refractivity contribution is 7.99. The first kappa shape index (κ1) is 17.8. The molecule has 0 bridgehead atoms. The van der Waals surface area contributed by atoms with Gasteiger partial charge in [-0.15, -0.1) is 0 Å². The third kappa shape index (κ3) is 3.51. The number of aryl methyl sites for hydroxylation is 1. The molecule has 27 heavy (non-hydrogen) atoms. The molecule has 0 unspecified atom stereocenters. The fourth-order valence-corrected chi connectivity index (χ4v) is 4.34. The number of carbonyl (C=O) groups excluding carboxylic acids is 1. The number of fused-ring (bicyclic) bond motifs is 3. The van der Waals surface area contributed by atoms with Crippen molar-refractivity contribution in [2.45, 2.75) is 30.9 Å². The van der Waals surface area contributed by atoms with Gasteiger partial charge in [0.2, 0.25) is 5.91 Å². The van der Waals surface area contributed by atoms with E-state index in [4.69, 9.17) is 4.74 Å². The van der Waals surface area contributed by atoms with Gasteiger partial charge >= 0.3 is 0 Å². The number of aromatic nitrogens is 2. The first-order valence-electron chi connectivity index (χ1n) is 8.99. The summed E-state index contributed by atoms with van der Waals surface area (Å²) in [5, 5.41) is 13.4. The molecule has 0 spiro atoms. The number of pyridine rings is 1. The standard InChI is InChI=1S/C20H20N4O2S/c1-13-9-19(27-12-18(25)22-11-14-5-4-8-26-14)24-17-7-3-2-6-16(17)23-20(24)15(13)10-21/h2-3,6-7,9,14H,4-5,8,11-12H2,1H3,(H,22,25)/t14-/m1/s1. The second kappa shape index (κ2) is 7.59. The maximum atomic E-state index is 12.3. The molecule has 3 aromatic rings. The minimum atomic E-state index is -0.0184. The zero-order valence-electron chi connectivity index (χ0n) is 15.1. The van der Waals surface area contributed by atoms with Gasteiger partial charge in [-0.25, -0.2) is 4.98 Å². The molecule has 0 saturated carbocycles. The maximum absolute atomic E-state index is 12.3. The van der Waals surface area contributed by atoms with Crippen LogP contribution in [0.5, 0.6) is 0 Å². The third-order valence-corrected chi connectivity index (χ3v) is 5.76. The van der Waals surface area contributed by atoms with E-state index in [0.717, 1.165) is 41.1 Å². The molecule has 3 heterocycles. The van der Waals surface area contributed by atoms with E-state index in [1.165, 1.54) is 11.8 Å². The molecule has 1 amide bonds. The molecule has 7 heteroatoms. The summed E-state index contributed by atoms with van der Waals surface area (Å²) in [6, 6.07) is 12.0. The summed E-state index contributed by atoms with van der Waals surface area (Å²) < 4.78 is 7.51. The molecule has 1 saturated heterocycles. The largest absolute Gasteiger partial charge is 0.376 e. The van der Waals surface area contributed by atoms with Gasteiger partial charge in [-0.2, -0.15) is 5.26 Å². The minimum absolute atomic E-state index is 0.0184. The van der Waals surface area contributed by atoms with Gasteiger partial charge in [0.05, 0.1) is 33.5 Å². The number of hydrogen-bond donors (Lipinski definition) is 1. The Morgan fingerprint density at radius 3 is 3.11 bits per heavy atom. The highest BCUT2D eigenvalue weighted by Gasteiger charge is 2.18. The predicted molar refractivity (Wildman–Crippen MR) is 105 cm³/mol. The van der Waals surface area contributed by atoms with Crippen molar-refractivity contribution >= 4 is 34.3 Å². The summed E-state index contributed by atoms with van der Waals surface area (Å²) in [7, 11) is 0. The fourth-order valence-electron chi connectivity index (χ4n) is 3.38. The van der Waals surface area contributed by atoms with Crippen molar-refractivity contribution in [3.05, 3.63) is 41.5 Å². The summed E-state index contributed by atoms with van der Waals surface area (Å²) in [6.45, 7) is 3.25. The molecule has 0 radical (unpaired) electrons. The fraction of sp³-hybridized carbons (Fsp3) is 0.350. The number of carbonyl (C=O) groups is 1. The topological polar surface area (TPSA) is 79.4 Å². The summed E-state index contributed by atoms with van der Waals surface area (Å²) in [4.78, 5) is 16.9. The number of para-hydroxylation sites is 2. The van der Waals surface area contributed by atoms with Crippen molar-refractivity contribution in [2.24, 2.45) is 0 Å². The van der Waals surface area contributed by atoms with Crippen LogP contribution in [0.2, 0.25) is 0 Å². The van der Waals surface area contributed by atoms with Crippen LogP contribution in [-0.2, 0) is 9.53 Å². The Kier molecular flexibility index (Phi) is 5.01. The van der Waals surface area contributed by atoms with Gasteiger partial charge in [0.25, 0.3) is 0 Å². The monoisotopic (exact) mass is 380 g/mol. The number of nitrogens with zero attached hydrogens (tertiary/aromatic N) is 3. The Hall–Kier alpha value is -2.56. The molecule has 1 N–H and O–H groups in total. The lowest BCUT2D eigenvalue weighted by molar-refractivity contribution is -0.119. The number of ether oxygens (including phenoxy) is 1. The summed E-state index contributed by atoms with van der Waals surface area (Å²) in [5.41, 5.74) is 3.84. The third-order valence-electron chi connectivity index (χ3n) is 4.75. The normalized spacial score (nSPS) is 16.7. The Morgan fingerprint density at radius 2 is 2.33 bits per heavy atom. The molecule has 1 fully saturated rings. The molecule has 4 rings (SSSR count). The number of amides is 1. The lowest BCUT2D eigenvalue weighted by atomic mass is 10.2. The van der Waals surface area contributed by atoms with Crippen molar-refractivity contribution in [3.8, 4) is 6.07 Å². The van der Waals surface area contributed by atoms with Gasteiger partial charge in [0.15, 0.2) is 5.65 Å². The van der Waals surface area contributed by atoms with Crippen LogP contribution in [0.15, 0.2) is 35.4 Å². The summed E-state index contributed by atoms with van der Waals surface area (Å²) >= 11 is 1.45. The van der Waals surface area contributed by atoms with E-state index in [-0.39, 0.29) is 12.0 Å². The molecular formula is C20H20N4O2S. The van der Waals surface area contributed by atoms with Crippen LogP contribution in [0, 0.1) is 18.3 Å². The SMILES string of the molecule is Cc1cc(SCC(=O)NC[C@H]2CCCO2)n2c(nc3ccccc32)c1C#N. The molecule has 2 aromatic heterocycles. The minimum Gasteiger partial charge on any atom is -0.376 e. The lowest BCUT2D eigenvalue weighted by Crippen LogP contribution is -2.32. The van der Waals surface area contributed by atoms with Gasteiger partial charge in [-0.3, -0.25) is 9.20 Å². The zero-order valence-corrected chi connectivity index (χ0v) is 15.9. The molecular weight excluding hydrogens is 360 g/mol. The van der Waals surface area contributed by atoms with E-state index in [1.54, 1.807) is 0 Å². The smallest absolute Gasteiger partial charge is 0.230 e. The molecule has 138 valence electrons. The van der Waals surface area contributed by atoms with Crippen LogP contribution in [-0.4, -0.2) is 40.3 Å². The average Bonchev–Trinajstić information content (AvgIpc) is 3.32. The van der Waals surface area contributed by atoms with Gasteiger partial charge in [0.1, 0.15) is 6.07 Å².